The van der Waals surface area contributed by atoms with Gasteiger partial charge in [-0.3, -0.25) is 4.79 Å². The second-order valence-corrected chi connectivity index (χ2v) is 4.61. The number of rotatable bonds is 1. The number of hydrogen-bond acceptors (Lipinski definition) is 3. The van der Waals surface area contributed by atoms with Crippen molar-refractivity contribution in [2.24, 2.45) is 7.05 Å². The van der Waals surface area contributed by atoms with Gasteiger partial charge in [0.05, 0.1) is 5.69 Å². The summed E-state index contributed by atoms with van der Waals surface area (Å²) in [6, 6.07) is 11.5. The summed E-state index contributed by atoms with van der Waals surface area (Å²) in [5.41, 5.74) is 2.60. The van der Waals surface area contributed by atoms with Gasteiger partial charge < -0.3 is 4.57 Å². The molecule has 0 spiro atoms. The predicted octanol–water partition coefficient (Wildman–Crippen LogP) is 2.52. The fourth-order valence-corrected chi connectivity index (χ4v) is 2.06. The Morgan fingerprint density at radius 2 is 1.89 bits per heavy atom. The van der Waals surface area contributed by atoms with Crippen LogP contribution in [0.4, 0.5) is 0 Å². The Hall–Kier alpha value is -1.99. The van der Waals surface area contributed by atoms with Crippen LogP contribution in [0.15, 0.2) is 40.0 Å². The highest BCUT2D eigenvalue weighted by atomic mass is 32.1. The first kappa shape index (κ1) is 12.5. The van der Waals surface area contributed by atoms with Crippen molar-refractivity contribution in [3.05, 3.63) is 51.8 Å². The van der Waals surface area contributed by atoms with Gasteiger partial charge in [0.15, 0.2) is 0 Å². The molecule has 1 heterocycles. The molecule has 0 saturated carbocycles. The van der Waals surface area contributed by atoms with Crippen LogP contribution in [-0.4, -0.2) is 4.57 Å². The number of nitrogens with zero attached hydrogens (tertiary/aromatic N) is 2. The summed E-state index contributed by atoms with van der Waals surface area (Å²) in [6.07, 6.45) is 0. The van der Waals surface area contributed by atoms with Crippen LogP contribution in [0.3, 0.4) is 0 Å². The molecule has 2 aromatic rings. The standard InChI is InChI=1S/C14H12N2OS/c1-9-3-5-10(6-4-9)12-7-13(18)11(8-15)14(17)16(12)2/h3-7,18H,1-2H3. The molecule has 1 aromatic heterocycles. The highest BCUT2D eigenvalue weighted by Gasteiger charge is 2.11. The Kier molecular flexibility index (Phi) is 3.26. The molecule has 0 radical (unpaired) electrons. The smallest absolute Gasteiger partial charge is 0.269 e. The summed E-state index contributed by atoms with van der Waals surface area (Å²) in [4.78, 5) is 12.4. The van der Waals surface area contributed by atoms with Gasteiger partial charge in [0.25, 0.3) is 5.56 Å². The number of nitriles is 1. The zero-order valence-electron chi connectivity index (χ0n) is 10.1. The molecule has 2 rings (SSSR count). The lowest BCUT2D eigenvalue weighted by Gasteiger charge is -2.10. The molecular formula is C14H12N2OS. The van der Waals surface area contributed by atoms with E-state index in [0.717, 1.165) is 16.8 Å². The third-order valence-corrected chi connectivity index (χ3v) is 3.22. The van der Waals surface area contributed by atoms with Crippen molar-refractivity contribution < 1.29 is 0 Å². The molecule has 1 aromatic carbocycles. The van der Waals surface area contributed by atoms with Crippen molar-refractivity contribution in [1.29, 1.82) is 5.26 Å². The number of aryl methyl sites for hydroxylation is 1. The average molecular weight is 256 g/mol. The van der Waals surface area contributed by atoms with E-state index in [1.54, 1.807) is 13.1 Å². The van der Waals surface area contributed by atoms with Gasteiger partial charge in [-0.2, -0.15) is 5.26 Å². The van der Waals surface area contributed by atoms with Crippen molar-refractivity contribution in [2.75, 3.05) is 0 Å². The first-order valence-electron chi connectivity index (χ1n) is 5.44. The maximum absolute atomic E-state index is 12.0. The Labute approximate surface area is 111 Å². The SMILES string of the molecule is Cc1ccc(-c2cc(S)c(C#N)c(=O)n2C)cc1. The van der Waals surface area contributed by atoms with E-state index in [0.29, 0.717) is 4.90 Å². The molecule has 0 aliphatic carbocycles. The maximum atomic E-state index is 12.0. The molecule has 0 N–H and O–H groups in total. The third kappa shape index (κ3) is 2.05. The van der Waals surface area contributed by atoms with Crippen LogP contribution in [0.25, 0.3) is 11.3 Å². The number of aromatic nitrogens is 1. The summed E-state index contributed by atoms with van der Waals surface area (Å²) in [5.74, 6) is 0. The zero-order chi connectivity index (χ0) is 13.3. The normalized spacial score (nSPS) is 10.1. The minimum atomic E-state index is -0.319. The van der Waals surface area contributed by atoms with E-state index in [1.807, 2.05) is 37.3 Å². The van der Waals surface area contributed by atoms with Crippen LogP contribution in [-0.2, 0) is 7.05 Å². The van der Waals surface area contributed by atoms with Crippen molar-refractivity contribution in [3.8, 4) is 17.3 Å². The Balaban J connectivity index is 2.71. The van der Waals surface area contributed by atoms with Gasteiger partial charge in [-0.05, 0) is 18.6 Å². The number of benzene rings is 1. The predicted molar refractivity (Wildman–Crippen MR) is 73.8 cm³/mol. The Morgan fingerprint density at radius 1 is 1.28 bits per heavy atom. The van der Waals surface area contributed by atoms with Gasteiger partial charge in [-0.15, -0.1) is 12.6 Å². The number of thiol groups is 1. The van der Waals surface area contributed by atoms with Crippen molar-refractivity contribution in [1.82, 2.24) is 4.57 Å². The number of hydrogen-bond donors (Lipinski definition) is 1. The molecule has 0 saturated heterocycles. The monoisotopic (exact) mass is 256 g/mol. The summed E-state index contributed by atoms with van der Waals surface area (Å²) in [5, 5.41) is 8.91. The van der Waals surface area contributed by atoms with Crippen LogP contribution in [0.2, 0.25) is 0 Å². The molecule has 0 bridgehead atoms. The van der Waals surface area contributed by atoms with E-state index < -0.39 is 0 Å². The molecule has 90 valence electrons. The van der Waals surface area contributed by atoms with Gasteiger partial charge in [0.1, 0.15) is 11.6 Å². The first-order chi connectivity index (χ1) is 8.54. The topological polar surface area (TPSA) is 45.8 Å². The van der Waals surface area contributed by atoms with Crippen molar-refractivity contribution in [3.63, 3.8) is 0 Å². The lowest BCUT2D eigenvalue weighted by Crippen LogP contribution is -2.21. The second kappa shape index (κ2) is 4.71. The molecule has 0 fully saturated rings. The molecule has 3 nitrogen and oxygen atoms in total. The van der Waals surface area contributed by atoms with Crippen LogP contribution in [0.1, 0.15) is 11.1 Å². The lowest BCUT2D eigenvalue weighted by molar-refractivity contribution is 0.854. The molecule has 0 unspecified atom stereocenters. The minimum absolute atomic E-state index is 0.0803. The van der Waals surface area contributed by atoms with Gasteiger partial charge in [0.2, 0.25) is 0 Å². The highest BCUT2D eigenvalue weighted by molar-refractivity contribution is 7.80. The van der Waals surface area contributed by atoms with E-state index in [9.17, 15) is 4.79 Å². The van der Waals surface area contributed by atoms with Gasteiger partial charge in [0, 0.05) is 11.9 Å². The maximum Gasteiger partial charge on any atom is 0.269 e. The van der Waals surface area contributed by atoms with Gasteiger partial charge >= 0.3 is 0 Å². The van der Waals surface area contributed by atoms with Gasteiger partial charge in [-0.1, -0.05) is 29.8 Å². The third-order valence-electron chi connectivity index (χ3n) is 2.87. The van der Waals surface area contributed by atoms with Gasteiger partial charge in [-0.25, -0.2) is 0 Å². The Bertz CT molecular complexity index is 693. The summed E-state index contributed by atoms with van der Waals surface area (Å²) >= 11 is 4.20. The largest absolute Gasteiger partial charge is 0.310 e. The Morgan fingerprint density at radius 3 is 2.44 bits per heavy atom. The van der Waals surface area contributed by atoms with E-state index in [2.05, 4.69) is 12.6 Å². The molecule has 0 aliphatic rings. The van der Waals surface area contributed by atoms with E-state index in [-0.39, 0.29) is 11.1 Å². The molecular weight excluding hydrogens is 244 g/mol. The number of pyridine rings is 1. The van der Waals surface area contributed by atoms with Crippen LogP contribution < -0.4 is 5.56 Å². The van der Waals surface area contributed by atoms with Crippen LogP contribution >= 0.6 is 12.6 Å². The fraction of sp³-hybridized carbons (Fsp3) is 0.143. The molecule has 0 atom stereocenters. The average Bonchev–Trinajstić information content (AvgIpc) is 2.36. The van der Waals surface area contributed by atoms with Crippen molar-refractivity contribution in [2.45, 2.75) is 11.8 Å². The van der Waals surface area contributed by atoms with Crippen molar-refractivity contribution >= 4 is 12.6 Å². The van der Waals surface area contributed by atoms with Crippen LogP contribution in [0, 0.1) is 18.3 Å². The second-order valence-electron chi connectivity index (χ2n) is 4.13. The fourth-order valence-electron chi connectivity index (χ4n) is 1.79. The minimum Gasteiger partial charge on any atom is -0.310 e. The molecule has 4 heteroatoms. The summed E-state index contributed by atoms with van der Waals surface area (Å²) in [6.45, 7) is 2.01. The summed E-state index contributed by atoms with van der Waals surface area (Å²) < 4.78 is 1.48. The summed E-state index contributed by atoms with van der Waals surface area (Å²) in [7, 11) is 1.66. The molecule has 18 heavy (non-hydrogen) atoms. The van der Waals surface area contributed by atoms with E-state index >= 15 is 0 Å². The first-order valence-corrected chi connectivity index (χ1v) is 5.89. The quantitative estimate of drug-likeness (QED) is 0.797. The van der Waals surface area contributed by atoms with E-state index in [1.165, 1.54) is 4.57 Å². The zero-order valence-corrected chi connectivity index (χ0v) is 11.0. The molecule has 0 aliphatic heterocycles. The molecule has 0 amide bonds. The highest BCUT2D eigenvalue weighted by Crippen LogP contribution is 2.22. The van der Waals surface area contributed by atoms with E-state index in [4.69, 9.17) is 5.26 Å². The van der Waals surface area contributed by atoms with Crippen LogP contribution in [0.5, 0.6) is 0 Å². The lowest BCUT2D eigenvalue weighted by atomic mass is 10.1.